The number of aliphatic carboxylic acids is 1. The average Bonchev–Trinajstić information content (AvgIpc) is 2.87. The summed E-state index contributed by atoms with van der Waals surface area (Å²) in [6, 6.07) is -1.76. The number of carbonyl (C=O) groups is 3. The molecule has 0 bridgehead atoms. The third-order valence-electron chi connectivity index (χ3n) is 4.74. The van der Waals surface area contributed by atoms with Crippen molar-refractivity contribution in [2.45, 2.75) is 49.1 Å². The first-order valence-corrected chi connectivity index (χ1v) is 8.86. The van der Waals surface area contributed by atoms with Gasteiger partial charge in [0.2, 0.25) is 11.8 Å². The molecule has 3 N–H and O–H groups in total. The van der Waals surface area contributed by atoms with Crippen LogP contribution in [0.4, 0.5) is 0 Å². The number of hydrogen-bond donors (Lipinski definition) is 3. The summed E-state index contributed by atoms with van der Waals surface area (Å²) >= 11 is 0. The van der Waals surface area contributed by atoms with Crippen molar-refractivity contribution in [2.24, 2.45) is 0 Å². The fourth-order valence-corrected chi connectivity index (χ4v) is 5.53. The van der Waals surface area contributed by atoms with Crippen LogP contribution >= 0.6 is 7.60 Å². The maximum atomic E-state index is 13.0. The Hall–Kier alpha value is -1.32. The second-order valence-electron chi connectivity index (χ2n) is 5.79. The third kappa shape index (κ3) is 2.49. The van der Waals surface area contributed by atoms with E-state index >= 15 is 0 Å². The summed E-state index contributed by atoms with van der Waals surface area (Å²) in [6.07, 6.45) is -4.10. The number of nitrogens with zero attached hydrogens (tertiary/aromatic N) is 1. The molecule has 0 unspecified atom stereocenters. The molecule has 10 nitrogen and oxygen atoms in total. The lowest BCUT2D eigenvalue weighted by molar-refractivity contribution is -0.160. The van der Waals surface area contributed by atoms with Crippen LogP contribution in [-0.4, -0.2) is 75.6 Å². The van der Waals surface area contributed by atoms with Crippen molar-refractivity contribution >= 4 is 25.4 Å². The number of carboxylic acids is 1. The Morgan fingerprint density at radius 2 is 1.71 bits per heavy atom. The second kappa shape index (κ2) is 6.53. The number of carboxylic acid groups (broad SMARTS) is 1. The normalized spacial score (nSPS) is 34.7. The Kier molecular flexibility index (Phi) is 5.17. The minimum Gasteiger partial charge on any atom is -0.480 e. The van der Waals surface area contributed by atoms with Crippen molar-refractivity contribution < 1.29 is 43.3 Å². The highest BCUT2D eigenvalue weighted by Gasteiger charge is 2.69. The molecule has 0 aromatic carbocycles. The molecule has 2 aliphatic rings. The van der Waals surface area contributed by atoms with Crippen molar-refractivity contribution in [1.82, 2.24) is 4.90 Å². The van der Waals surface area contributed by atoms with E-state index in [0.717, 1.165) is 14.2 Å². The van der Waals surface area contributed by atoms with Gasteiger partial charge in [-0.15, -0.1) is 0 Å². The Morgan fingerprint density at radius 1 is 1.21 bits per heavy atom. The molecule has 2 amide bonds. The average molecular weight is 365 g/mol. The lowest BCUT2D eigenvalue weighted by Crippen LogP contribution is -2.68. The van der Waals surface area contributed by atoms with Crippen LogP contribution in [0.15, 0.2) is 0 Å². The number of rotatable bonds is 5. The molecule has 11 heteroatoms. The van der Waals surface area contributed by atoms with Crippen LogP contribution in [0, 0.1) is 0 Å². The van der Waals surface area contributed by atoms with Gasteiger partial charge in [-0.1, -0.05) is 0 Å². The summed E-state index contributed by atoms with van der Waals surface area (Å²) in [4.78, 5) is 36.9. The number of aliphatic hydroxyl groups is 2. The first-order valence-electron chi connectivity index (χ1n) is 7.32. The van der Waals surface area contributed by atoms with Crippen LogP contribution in [0.2, 0.25) is 0 Å². The third-order valence-corrected chi connectivity index (χ3v) is 7.35. The van der Waals surface area contributed by atoms with Gasteiger partial charge in [-0.3, -0.25) is 23.8 Å². The van der Waals surface area contributed by atoms with E-state index in [4.69, 9.17) is 9.05 Å². The van der Waals surface area contributed by atoms with Crippen molar-refractivity contribution in [3.05, 3.63) is 0 Å². The monoisotopic (exact) mass is 365 g/mol. The molecule has 2 rings (SSSR count). The van der Waals surface area contributed by atoms with E-state index in [2.05, 4.69) is 0 Å². The molecule has 0 radical (unpaired) electrons. The largest absolute Gasteiger partial charge is 0.480 e. The Bertz CT molecular complexity index is 584. The number of imide groups is 1. The first kappa shape index (κ1) is 19.0. The van der Waals surface area contributed by atoms with Crippen LogP contribution in [0.3, 0.4) is 0 Å². The van der Waals surface area contributed by atoms with Crippen molar-refractivity contribution in [3.63, 3.8) is 0 Å². The molecule has 1 saturated carbocycles. The molecule has 0 aromatic heterocycles. The van der Waals surface area contributed by atoms with Crippen LogP contribution in [0.25, 0.3) is 0 Å². The highest BCUT2D eigenvalue weighted by molar-refractivity contribution is 7.56. The smallest absolute Gasteiger partial charge is 0.349 e. The van der Waals surface area contributed by atoms with Gasteiger partial charge in [0.25, 0.3) is 0 Å². The highest BCUT2D eigenvalue weighted by Crippen LogP contribution is 2.65. The molecular weight excluding hydrogens is 345 g/mol. The maximum Gasteiger partial charge on any atom is 0.349 e. The van der Waals surface area contributed by atoms with E-state index in [1.807, 2.05) is 0 Å². The Labute approximate surface area is 137 Å². The molecule has 1 heterocycles. The van der Waals surface area contributed by atoms with Crippen LogP contribution in [-0.2, 0) is 28.0 Å². The summed E-state index contributed by atoms with van der Waals surface area (Å²) in [7, 11) is -2.42. The number of likely N-dealkylation sites (tertiary alicyclic amines) is 1. The summed E-state index contributed by atoms with van der Waals surface area (Å²) in [5, 5.41) is 27.8. The zero-order valence-electron chi connectivity index (χ0n) is 13.2. The fourth-order valence-electron chi connectivity index (χ4n) is 3.50. The summed E-state index contributed by atoms with van der Waals surface area (Å²) in [5.41, 5.74) is 0. The van der Waals surface area contributed by atoms with Gasteiger partial charge in [0.15, 0.2) is 5.16 Å². The number of aliphatic hydroxyl groups excluding tert-OH is 2. The molecule has 136 valence electrons. The van der Waals surface area contributed by atoms with Gasteiger partial charge in [-0.05, 0) is 12.8 Å². The number of amides is 2. The van der Waals surface area contributed by atoms with Crippen LogP contribution < -0.4 is 0 Å². The maximum absolute atomic E-state index is 13.0. The van der Waals surface area contributed by atoms with E-state index in [9.17, 15) is 34.3 Å². The van der Waals surface area contributed by atoms with Crippen molar-refractivity contribution in [2.75, 3.05) is 14.2 Å². The SMILES string of the molecule is COP(=O)(OC)[C@@]1(C(=O)O)CC[C@H](O)[C@H](O)[C@H]1N1C(=O)CCC1=O. The van der Waals surface area contributed by atoms with E-state index in [1.165, 1.54) is 0 Å². The Balaban J connectivity index is 2.70. The Morgan fingerprint density at radius 3 is 2.12 bits per heavy atom. The summed E-state index contributed by atoms with van der Waals surface area (Å²) < 4.78 is 22.7. The topological polar surface area (TPSA) is 151 Å². The van der Waals surface area contributed by atoms with E-state index in [0.29, 0.717) is 4.90 Å². The van der Waals surface area contributed by atoms with Gasteiger partial charge in [0.1, 0.15) is 6.10 Å². The van der Waals surface area contributed by atoms with E-state index in [-0.39, 0.29) is 19.3 Å². The lowest BCUT2D eigenvalue weighted by atomic mass is 9.79. The minimum atomic E-state index is -4.39. The van der Waals surface area contributed by atoms with Crippen LogP contribution in [0.1, 0.15) is 25.7 Å². The molecule has 0 aromatic rings. The highest BCUT2D eigenvalue weighted by atomic mass is 31.2. The standard InChI is InChI=1S/C13H20NO9P/c1-22-24(21,23-2)13(12(19)20)6-5-7(15)10(18)11(13)14-8(16)3-4-9(14)17/h7,10-11,15,18H,3-6H2,1-2H3,(H,19,20)/t7-,10-,11+,13-/m0/s1. The van der Waals surface area contributed by atoms with Gasteiger partial charge in [0.05, 0.1) is 12.1 Å². The van der Waals surface area contributed by atoms with Crippen molar-refractivity contribution in [3.8, 4) is 0 Å². The van der Waals surface area contributed by atoms with Gasteiger partial charge in [0, 0.05) is 27.1 Å². The van der Waals surface area contributed by atoms with Crippen LogP contribution in [0.5, 0.6) is 0 Å². The molecule has 1 aliphatic carbocycles. The molecule has 2 fully saturated rings. The van der Waals surface area contributed by atoms with Gasteiger partial charge < -0.3 is 24.4 Å². The van der Waals surface area contributed by atoms with Gasteiger partial charge in [-0.2, -0.15) is 0 Å². The molecule has 0 spiro atoms. The predicted octanol–water partition coefficient (Wildman–Crippen LogP) is -0.671. The van der Waals surface area contributed by atoms with Crippen molar-refractivity contribution in [1.29, 1.82) is 0 Å². The molecule has 4 atom stereocenters. The zero-order valence-corrected chi connectivity index (χ0v) is 14.1. The zero-order chi connectivity index (χ0) is 18.3. The fraction of sp³-hybridized carbons (Fsp3) is 0.769. The number of carbonyl (C=O) groups excluding carboxylic acids is 2. The predicted molar refractivity (Wildman–Crippen MR) is 78.1 cm³/mol. The summed E-state index contributed by atoms with van der Waals surface area (Å²) in [5.74, 6) is -3.05. The minimum absolute atomic E-state index is 0.155. The quantitative estimate of drug-likeness (QED) is 0.425. The molecule has 24 heavy (non-hydrogen) atoms. The van der Waals surface area contributed by atoms with Gasteiger partial charge in [-0.25, -0.2) is 0 Å². The lowest BCUT2D eigenvalue weighted by Gasteiger charge is -2.49. The molecule has 1 aliphatic heterocycles. The second-order valence-corrected chi connectivity index (χ2v) is 8.31. The first-order chi connectivity index (χ1) is 11.2. The van der Waals surface area contributed by atoms with Gasteiger partial charge >= 0.3 is 13.6 Å². The van der Waals surface area contributed by atoms with E-state index < -0.39 is 55.2 Å². The summed E-state index contributed by atoms with van der Waals surface area (Å²) in [6.45, 7) is 0. The molecule has 1 saturated heterocycles. The van der Waals surface area contributed by atoms with E-state index in [1.54, 1.807) is 0 Å². The molecular formula is C13H20NO9P. The number of hydrogen-bond acceptors (Lipinski definition) is 8.